The molecule has 2 aromatic rings. The van der Waals surface area contributed by atoms with Gasteiger partial charge in [-0.25, -0.2) is 4.98 Å². The van der Waals surface area contributed by atoms with Crippen molar-refractivity contribution in [2.75, 3.05) is 13.7 Å². The van der Waals surface area contributed by atoms with Crippen LogP contribution >= 0.6 is 11.6 Å². The summed E-state index contributed by atoms with van der Waals surface area (Å²) in [5, 5.41) is 20.3. The van der Waals surface area contributed by atoms with E-state index in [0.717, 1.165) is 51.6 Å². The van der Waals surface area contributed by atoms with Crippen molar-refractivity contribution in [3.8, 4) is 0 Å². The number of aromatic nitrogens is 4. The molecule has 4 fully saturated rings. The monoisotopic (exact) mass is 514 g/mol. The van der Waals surface area contributed by atoms with Crippen LogP contribution in [0.15, 0.2) is 12.3 Å². The second-order valence-electron chi connectivity index (χ2n) is 12.9. The van der Waals surface area contributed by atoms with Crippen LogP contribution < -0.4 is 0 Å². The Morgan fingerprint density at radius 2 is 1.97 bits per heavy atom. The summed E-state index contributed by atoms with van der Waals surface area (Å²) in [5.41, 5.74) is 0.812. The summed E-state index contributed by atoms with van der Waals surface area (Å²) >= 11 is 6.05. The summed E-state index contributed by atoms with van der Waals surface area (Å²) in [7, 11) is 1.84. The minimum Gasteiger partial charge on any atom is -0.390 e. The zero-order chi connectivity index (χ0) is 25.3. The highest BCUT2D eigenvalue weighted by molar-refractivity contribution is 6.30. The van der Waals surface area contributed by atoms with Crippen molar-refractivity contribution in [2.45, 2.75) is 83.8 Å². The van der Waals surface area contributed by atoms with E-state index in [2.05, 4.69) is 22.1 Å². The Labute approximate surface area is 218 Å². The van der Waals surface area contributed by atoms with Crippen molar-refractivity contribution in [1.82, 2.24) is 20.0 Å². The lowest BCUT2D eigenvalue weighted by Crippen LogP contribution is -2.58. The molecule has 0 spiro atoms. The molecule has 7 nitrogen and oxygen atoms in total. The van der Waals surface area contributed by atoms with E-state index in [-0.39, 0.29) is 29.1 Å². The molecule has 2 aromatic heterocycles. The second kappa shape index (κ2) is 8.74. The molecular formula is C28H39ClN4O3. The first kappa shape index (κ1) is 24.7. The van der Waals surface area contributed by atoms with Gasteiger partial charge in [0.05, 0.1) is 17.2 Å². The number of pyridine rings is 1. The molecule has 0 radical (unpaired) electrons. The molecule has 0 saturated heterocycles. The Balaban J connectivity index is 1.22. The smallest absolute Gasteiger partial charge is 0.201 e. The molecule has 0 aromatic carbocycles. The number of ether oxygens (including phenoxy) is 1. The van der Waals surface area contributed by atoms with Gasteiger partial charge in [-0.05, 0) is 105 Å². The minimum atomic E-state index is -0.547. The van der Waals surface area contributed by atoms with Crippen LogP contribution in [0.1, 0.15) is 71.6 Å². The fourth-order valence-corrected chi connectivity index (χ4v) is 9.61. The van der Waals surface area contributed by atoms with Crippen molar-refractivity contribution in [2.24, 2.45) is 40.4 Å². The summed E-state index contributed by atoms with van der Waals surface area (Å²) in [6.07, 6.45) is 11.1. The van der Waals surface area contributed by atoms with Gasteiger partial charge in [0.15, 0.2) is 5.78 Å². The van der Waals surface area contributed by atoms with Crippen LogP contribution in [-0.2, 0) is 16.1 Å². The van der Waals surface area contributed by atoms with Gasteiger partial charge in [0.2, 0.25) is 5.65 Å². The SMILES string of the molecule is COC[C@]12CC[C@@](C)(O)C[C@H]1CC[C@H]1[C@@H]3CC[C@H](C(=O)Cn4nc5cc(Cl)cnc5n4)[C@@]3(C)CC[C@@H]12. The first-order valence-electron chi connectivity index (χ1n) is 13.8. The van der Waals surface area contributed by atoms with E-state index < -0.39 is 5.60 Å². The van der Waals surface area contributed by atoms with E-state index >= 15 is 0 Å². The number of fused-ring (bicyclic) bond motifs is 6. The lowest BCUT2D eigenvalue weighted by Gasteiger charge is -2.62. The van der Waals surface area contributed by atoms with Gasteiger partial charge in [-0.15, -0.1) is 5.10 Å². The largest absolute Gasteiger partial charge is 0.390 e. The maximum atomic E-state index is 13.6. The molecule has 0 amide bonds. The van der Waals surface area contributed by atoms with Crippen molar-refractivity contribution in [1.29, 1.82) is 0 Å². The van der Waals surface area contributed by atoms with Crippen LogP contribution in [0.4, 0.5) is 0 Å². The number of carbonyl (C=O) groups excluding carboxylic acids is 1. The number of hydrogen-bond donors (Lipinski definition) is 1. The lowest BCUT2D eigenvalue weighted by atomic mass is 9.43. The highest BCUT2D eigenvalue weighted by atomic mass is 35.5. The normalized spacial score (nSPS) is 42.1. The third-order valence-electron chi connectivity index (χ3n) is 11.0. The van der Waals surface area contributed by atoms with Crippen LogP contribution in [0.5, 0.6) is 0 Å². The van der Waals surface area contributed by atoms with E-state index in [1.165, 1.54) is 17.6 Å². The quantitative estimate of drug-likeness (QED) is 0.598. The Morgan fingerprint density at radius 1 is 1.14 bits per heavy atom. The van der Waals surface area contributed by atoms with Gasteiger partial charge < -0.3 is 9.84 Å². The molecule has 0 unspecified atom stereocenters. The third-order valence-corrected chi connectivity index (χ3v) is 11.2. The molecule has 4 aliphatic rings. The highest BCUT2D eigenvalue weighted by Crippen LogP contribution is 2.68. The van der Waals surface area contributed by atoms with Gasteiger partial charge >= 0.3 is 0 Å². The third kappa shape index (κ3) is 3.83. The number of carbonyl (C=O) groups is 1. The average molecular weight is 515 g/mol. The van der Waals surface area contributed by atoms with Crippen LogP contribution in [0.2, 0.25) is 5.02 Å². The van der Waals surface area contributed by atoms with Gasteiger partial charge in [0, 0.05) is 19.2 Å². The predicted molar refractivity (Wildman–Crippen MR) is 137 cm³/mol. The average Bonchev–Trinajstić information content (AvgIpc) is 3.38. The fraction of sp³-hybridized carbons (Fsp3) is 0.786. The molecule has 1 N–H and O–H groups in total. The van der Waals surface area contributed by atoms with E-state index in [9.17, 15) is 9.90 Å². The van der Waals surface area contributed by atoms with Crippen LogP contribution in [0.3, 0.4) is 0 Å². The van der Waals surface area contributed by atoms with E-state index in [1.807, 2.05) is 14.0 Å². The maximum absolute atomic E-state index is 13.6. The zero-order valence-electron chi connectivity index (χ0n) is 21.8. The molecule has 6 rings (SSSR count). The molecular weight excluding hydrogens is 476 g/mol. The molecule has 4 saturated carbocycles. The van der Waals surface area contributed by atoms with Gasteiger partial charge in [0.1, 0.15) is 12.1 Å². The minimum absolute atomic E-state index is 0.0354. The van der Waals surface area contributed by atoms with Crippen molar-refractivity contribution < 1.29 is 14.6 Å². The topological polar surface area (TPSA) is 90.1 Å². The number of aliphatic hydroxyl groups is 1. The van der Waals surface area contributed by atoms with Gasteiger partial charge in [0.25, 0.3) is 0 Å². The number of methoxy groups -OCH3 is 1. The standard InChI is InChI=1S/C28H39ClN4O3/c1-26(35)10-11-28(16-36-3)17(13-26)4-5-19-20-6-7-22(27(20,2)9-8-21(19)28)24(34)15-33-31-23-12-18(29)14-30-25(23)32-33/h12,14,17,19-22,35H,4-11,13,15-16H2,1-3H3/t17-,19+,20+,21+,22-,26-,27+,28-/m1/s1. The van der Waals surface area contributed by atoms with Crippen LogP contribution in [-0.4, -0.2) is 50.2 Å². The van der Waals surface area contributed by atoms with Crippen LogP contribution in [0, 0.1) is 40.4 Å². The Kier molecular flexibility index (Phi) is 6.01. The predicted octanol–water partition coefficient (Wildman–Crippen LogP) is 5.09. The molecule has 0 aliphatic heterocycles. The number of rotatable bonds is 5. The van der Waals surface area contributed by atoms with Crippen LogP contribution in [0.25, 0.3) is 11.2 Å². The maximum Gasteiger partial charge on any atom is 0.201 e. The summed E-state index contributed by atoms with van der Waals surface area (Å²) in [4.78, 5) is 19.4. The Bertz CT molecular complexity index is 1170. The molecule has 2 heterocycles. The Hall–Kier alpha value is -1.57. The summed E-state index contributed by atoms with van der Waals surface area (Å²) in [5.74, 6) is 2.69. The summed E-state index contributed by atoms with van der Waals surface area (Å²) in [6.45, 7) is 5.40. The summed E-state index contributed by atoms with van der Waals surface area (Å²) in [6, 6.07) is 1.74. The van der Waals surface area contributed by atoms with E-state index in [1.54, 1.807) is 12.3 Å². The van der Waals surface area contributed by atoms with Gasteiger partial charge in [-0.1, -0.05) is 18.5 Å². The van der Waals surface area contributed by atoms with E-state index in [4.69, 9.17) is 16.3 Å². The second-order valence-corrected chi connectivity index (χ2v) is 13.3. The molecule has 0 bridgehead atoms. The van der Waals surface area contributed by atoms with Gasteiger partial charge in [-0.2, -0.15) is 9.90 Å². The number of nitrogens with zero attached hydrogens (tertiary/aromatic N) is 4. The molecule has 36 heavy (non-hydrogen) atoms. The van der Waals surface area contributed by atoms with Crippen molar-refractivity contribution >= 4 is 28.5 Å². The Morgan fingerprint density at radius 3 is 2.78 bits per heavy atom. The molecule has 8 heteroatoms. The number of ketones is 1. The number of Topliss-reactive ketones (excluding diaryl/α,β-unsaturated/α-hetero) is 1. The molecule has 8 atom stereocenters. The number of halogens is 1. The van der Waals surface area contributed by atoms with Crippen molar-refractivity contribution in [3.05, 3.63) is 17.3 Å². The lowest BCUT2D eigenvalue weighted by molar-refractivity contribution is -0.175. The fourth-order valence-electron chi connectivity index (χ4n) is 9.46. The number of hydrogen-bond acceptors (Lipinski definition) is 6. The highest BCUT2D eigenvalue weighted by Gasteiger charge is 2.63. The first-order valence-corrected chi connectivity index (χ1v) is 14.1. The zero-order valence-corrected chi connectivity index (χ0v) is 22.5. The first-order chi connectivity index (χ1) is 17.1. The molecule has 196 valence electrons. The van der Waals surface area contributed by atoms with E-state index in [0.29, 0.717) is 39.9 Å². The van der Waals surface area contributed by atoms with Gasteiger partial charge in [-0.3, -0.25) is 4.79 Å². The summed E-state index contributed by atoms with van der Waals surface area (Å²) < 4.78 is 5.89. The molecule has 4 aliphatic carbocycles. The van der Waals surface area contributed by atoms with Crippen molar-refractivity contribution in [3.63, 3.8) is 0 Å².